The molecular formula is C102H64N8O2S2. The molecule has 10 nitrogen and oxygen atoms in total. The standard InChI is InChI=1S/2C51H32N4OS/c1-3-14-31(15-4-1)32-16-11-17-33(30-32)49-52-50(38-23-13-27-44-45(38)36-21-8-10-26-43(36)57-44)54-51(53-49)39-24-12-22-37-47-42(56-48(37)39)29-28-41-46(47)35-20-7-9-25-40(35)55(41)34-18-5-2-6-19-34;1-3-13-31(14-4-1)32-25-27-33(28-26-32)49-52-50(38-20-12-24-44-45(38)36-18-8-10-23-43(36)57-44)54-51(53-49)39-21-11-19-37-47-42(56-48(37)39)30-29-41-46(47)35-17-7-9-22-40(35)55(41)34-15-5-2-6-16-34/h2*1-30,41,46H. The lowest BCUT2D eigenvalue weighted by Crippen LogP contribution is -2.30. The van der Waals surface area contributed by atoms with Gasteiger partial charge < -0.3 is 18.6 Å². The summed E-state index contributed by atoms with van der Waals surface area (Å²) in [6.07, 6.45) is 8.91. The Hall–Kier alpha value is -14.3. The summed E-state index contributed by atoms with van der Waals surface area (Å²) < 4.78 is 18.7. The quantitative estimate of drug-likeness (QED) is 0.131. The summed E-state index contributed by atoms with van der Waals surface area (Å²) in [6, 6.07) is 120. The first-order chi connectivity index (χ1) is 56.5. The third-order valence-electron chi connectivity index (χ3n) is 23.0. The maximum Gasteiger partial charge on any atom is 0.167 e. The molecule has 0 saturated heterocycles. The summed E-state index contributed by atoms with van der Waals surface area (Å²) in [5.74, 6) is 5.58. The number of thiophene rings is 2. The van der Waals surface area contributed by atoms with E-state index in [2.05, 4.69) is 362 Å². The van der Waals surface area contributed by atoms with E-state index < -0.39 is 0 Å². The van der Waals surface area contributed by atoms with Gasteiger partial charge in [0.25, 0.3) is 0 Å². The van der Waals surface area contributed by atoms with E-state index in [-0.39, 0.29) is 23.9 Å². The van der Waals surface area contributed by atoms with Gasteiger partial charge in [-0.15, -0.1) is 22.7 Å². The summed E-state index contributed by atoms with van der Waals surface area (Å²) in [7, 11) is 0. The molecule has 20 aromatic rings. The SMILES string of the molecule is C1=CC2C(c3ccccc3N2c2ccccc2)c2c1oc1c(-c3nc(-c4ccc(-c5ccccc5)cc4)nc(-c4cccc5sc6ccccc6c45)n3)cccc21.C1=CC2C(c3ccccc3N2c2ccccc2)c2c1oc1c(-c3nc(-c4cccc(-c5ccccc5)c4)nc(-c4cccc5sc6ccccc6c45)n3)cccc21. The van der Waals surface area contributed by atoms with Crippen LogP contribution < -0.4 is 9.80 Å². The van der Waals surface area contributed by atoms with Crippen LogP contribution in [-0.4, -0.2) is 42.0 Å². The topological polar surface area (TPSA) is 110 Å². The van der Waals surface area contributed by atoms with E-state index in [1.54, 1.807) is 22.7 Å². The number of hydrogen-bond donors (Lipinski definition) is 0. The Kier molecular flexibility index (Phi) is 15.4. The van der Waals surface area contributed by atoms with E-state index in [0.717, 1.165) is 94.3 Å². The molecule has 0 radical (unpaired) electrons. The third-order valence-corrected chi connectivity index (χ3v) is 25.3. The second-order valence-electron chi connectivity index (χ2n) is 29.4. The van der Waals surface area contributed by atoms with E-state index in [1.807, 2.05) is 12.1 Å². The molecule has 8 heterocycles. The second kappa shape index (κ2) is 26.7. The lowest BCUT2D eigenvalue weighted by molar-refractivity contribution is 0.584. The average Bonchev–Trinajstić information content (AvgIpc) is 1.56. The van der Waals surface area contributed by atoms with Crippen LogP contribution in [0, 0.1) is 0 Å². The molecular weight excluding hydrogens is 1430 g/mol. The number of benzene rings is 14. The molecule has 0 saturated carbocycles. The van der Waals surface area contributed by atoms with Crippen LogP contribution in [0.3, 0.4) is 0 Å². The molecule has 4 aliphatic rings. The Morgan fingerprint density at radius 2 is 0.605 bits per heavy atom. The van der Waals surface area contributed by atoms with E-state index in [0.29, 0.717) is 34.9 Å². The molecule has 2 aliphatic carbocycles. The highest BCUT2D eigenvalue weighted by Gasteiger charge is 2.45. The molecule has 4 atom stereocenters. The van der Waals surface area contributed by atoms with Gasteiger partial charge >= 0.3 is 0 Å². The summed E-state index contributed by atoms with van der Waals surface area (Å²) in [4.78, 5) is 36.5. The molecule has 0 spiro atoms. The number of aromatic nitrogens is 6. The van der Waals surface area contributed by atoms with Crippen molar-refractivity contribution in [2.45, 2.75) is 23.9 Å². The molecule has 6 aromatic heterocycles. The highest BCUT2D eigenvalue weighted by Crippen LogP contribution is 2.57. The van der Waals surface area contributed by atoms with E-state index >= 15 is 0 Å². The first-order valence-electron chi connectivity index (χ1n) is 38.5. The number of para-hydroxylation sites is 6. The van der Waals surface area contributed by atoms with Crippen LogP contribution in [-0.2, 0) is 0 Å². The van der Waals surface area contributed by atoms with Gasteiger partial charge in [-0.05, 0) is 124 Å². The van der Waals surface area contributed by atoms with Crippen LogP contribution in [0.4, 0.5) is 22.7 Å². The second-order valence-corrected chi connectivity index (χ2v) is 31.5. The number of rotatable bonds is 10. The third kappa shape index (κ3) is 10.7. The fourth-order valence-electron chi connectivity index (χ4n) is 18.0. The maximum absolute atomic E-state index is 6.92. The largest absolute Gasteiger partial charge is 0.456 e. The molecule has 0 bridgehead atoms. The molecule has 2 aliphatic heterocycles. The predicted octanol–water partition coefficient (Wildman–Crippen LogP) is 26.7. The zero-order chi connectivity index (χ0) is 74.9. The summed E-state index contributed by atoms with van der Waals surface area (Å²) in [5, 5.41) is 6.87. The monoisotopic (exact) mass is 1500 g/mol. The van der Waals surface area contributed by atoms with Crippen molar-refractivity contribution in [3.8, 4) is 90.6 Å². The van der Waals surface area contributed by atoms with Crippen molar-refractivity contribution in [1.82, 2.24) is 29.9 Å². The molecule has 24 rings (SSSR count). The zero-order valence-corrected chi connectivity index (χ0v) is 62.8. The van der Waals surface area contributed by atoms with Crippen LogP contribution in [0.15, 0.2) is 361 Å². The fraction of sp³-hybridized carbons (Fsp3) is 0.0392. The van der Waals surface area contributed by atoms with Gasteiger partial charge in [-0.25, -0.2) is 29.9 Å². The van der Waals surface area contributed by atoms with Crippen LogP contribution in [0.1, 0.15) is 45.6 Å². The highest BCUT2D eigenvalue weighted by molar-refractivity contribution is 7.26. The Balaban J connectivity index is 0.000000135. The van der Waals surface area contributed by atoms with E-state index in [9.17, 15) is 0 Å². The molecule has 0 fully saturated rings. The van der Waals surface area contributed by atoms with E-state index in [4.69, 9.17) is 38.7 Å². The first-order valence-corrected chi connectivity index (χ1v) is 40.2. The Morgan fingerprint density at radius 3 is 1.11 bits per heavy atom. The molecule has 536 valence electrons. The molecule has 4 unspecified atom stereocenters. The Bertz CT molecular complexity index is 7290. The van der Waals surface area contributed by atoms with Gasteiger partial charge in [0.1, 0.15) is 22.7 Å². The number of anilines is 4. The minimum atomic E-state index is 0.0904. The maximum atomic E-state index is 6.92. The van der Waals surface area contributed by atoms with Crippen molar-refractivity contribution < 1.29 is 8.83 Å². The molecule has 0 N–H and O–H groups in total. The normalized spacial score (nSPS) is 15.6. The van der Waals surface area contributed by atoms with Crippen molar-refractivity contribution in [3.63, 3.8) is 0 Å². The zero-order valence-electron chi connectivity index (χ0n) is 61.2. The van der Waals surface area contributed by atoms with Gasteiger partial charge in [0.2, 0.25) is 0 Å². The number of nitrogens with zero attached hydrogens (tertiary/aromatic N) is 8. The highest BCUT2D eigenvalue weighted by atomic mass is 32.1. The first kappa shape index (κ1) is 65.6. The van der Waals surface area contributed by atoms with Crippen LogP contribution in [0.5, 0.6) is 0 Å². The minimum Gasteiger partial charge on any atom is -0.456 e. The van der Waals surface area contributed by atoms with Crippen molar-refractivity contribution in [1.29, 1.82) is 0 Å². The summed E-state index contributed by atoms with van der Waals surface area (Å²) >= 11 is 3.59. The van der Waals surface area contributed by atoms with Crippen molar-refractivity contribution in [2.24, 2.45) is 0 Å². The van der Waals surface area contributed by atoms with Gasteiger partial charge in [-0.3, -0.25) is 0 Å². The fourth-order valence-corrected chi connectivity index (χ4v) is 20.3. The van der Waals surface area contributed by atoms with Gasteiger partial charge in [0.05, 0.1) is 23.2 Å². The Morgan fingerprint density at radius 1 is 0.263 bits per heavy atom. The lowest BCUT2D eigenvalue weighted by atomic mass is 9.82. The molecule has 12 heteroatoms. The average molecular weight is 1500 g/mol. The molecule has 0 amide bonds. The van der Waals surface area contributed by atoms with Crippen LogP contribution in [0.2, 0.25) is 0 Å². The molecule has 114 heavy (non-hydrogen) atoms. The van der Waals surface area contributed by atoms with Crippen LogP contribution in [0.25, 0.3) is 165 Å². The predicted molar refractivity (Wildman–Crippen MR) is 468 cm³/mol. The summed E-state index contributed by atoms with van der Waals surface area (Å²) in [6.45, 7) is 0. The molecule has 14 aromatic carbocycles. The number of furan rings is 2. The van der Waals surface area contributed by atoms with Gasteiger partial charge in [0.15, 0.2) is 34.9 Å². The van der Waals surface area contributed by atoms with Crippen molar-refractivity contribution in [2.75, 3.05) is 9.80 Å². The van der Waals surface area contributed by atoms with Gasteiger partial charge in [0, 0.05) is 119 Å². The Labute approximate surface area is 663 Å². The number of fused-ring (bicyclic) bond motifs is 20. The van der Waals surface area contributed by atoms with Gasteiger partial charge in [-0.1, -0.05) is 273 Å². The minimum absolute atomic E-state index is 0.0904. The summed E-state index contributed by atoms with van der Waals surface area (Å²) in [5.41, 5.74) is 21.4. The number of hydrogen-bond acceptors (Lipinski definition) is 12. The van der Waals surface area contributed by atoms with Crippen molar-refractivity contribution in [3.05, 3.63) is 386 Å². The lowest BCUT2D eigenvalue weighted by Gasteiger charge is -2.30. The van der Waals surface area contributed by atoms with Crippen LogP contribution >= 0.6 is 22.7 Å². The van der Waals surface area contributed by atoms with Gasteiger partial charge in [-0.2, -0.15) is 0 Å². The van der Waals surface area contributed by atoms with Crippen molar-refractivity contribution >= 4 is 120 Å². The smallest absolute Gasteiger partial charge is 0.167 e. The van der Waals surface area contributed by atoms with E-state index in [1.165, 1.54) is 80.1 Å².